The highest BCUT2D eigenvalue weighted by Crippen LogP contribution is 2.19. The Hall–Kier alpha value is -1.23. The van der Waals surface area contributed by atoms with Crippen molar-refractivity contribution in [3.63, 3.8) is 0 Å². The molecule has 0 aliphatic carbocycles. The third-order valence-corrected chi connectivity index (χ3v) is 3.84. The van der Waals surface area contributed by atoms with Crippen molar-refractivity contribution in [2.45, 2.75) is 32.4 Å². The summed E-state index contributed by atoms with van der Waals surface area (Å²) in [5.41, 5.74) is 1.85. The van der Waals surface area contributed by atoms with Gasteiger partial charge in [0.2, 0.25) is 0 Å². The topological polar surface area (TPSA) is 62.2 Å². The summed E-state index contributed by atoms with van der Waals surface area (Å²) >= 11 is 1.80. The zero-order valence-corrected chi connectivity index (χ0v) is 12.1. The van der Waals surface area contributed by atoms with Crippen molar-refractivity contribution in [3.8, 4) is 0 Å². The maximum absolute atomic E-state index is 11.2. The number of aryl methyl sites for hydroxylation is 2. The molecule has 0 saturated heterocycles. The van der Waals surface area contributed by atoms with Gasteiger partial charge in [-0.25, -0.2) is 9.78 Å². The maximum Gasteiger partial charge on any atom is 0.339 e. The van der Waals surface area contributed by atoms with Crippen LogP contribution in [0.2, 0.25) is 0 Å². The molecule has 0 aliphatic heterocycles. The Bertz CT molecular complexity index is 435. The lowest BCUT2D eigenvalue weighted by atomic mass is 10.1. The molecule has 1 rings (SSSR count). The molecule has 0 aromatic carbocycles. The fourth-order valence-electron chi connectivity index (χ4n) is 1.75. The van der Waals surface area contributed by atoms with Crippen molar-refractivity contribution < 1.29 is 9.90 Å². The van der Waals surface area contributed by atoms with Crippen LogP contribution in [0.15, 0.2) is 6.07 Å². The summed E-state index contributed by atoms with van der Waals surface area (Å²) in [4.78, 5) is 15.5. The summed E-state index contributed by atoms with van der Waals surface area (Å²) in [6.45, 7) is 6.56. The first-order valence-corrected chi connectivity index (χ1v) is 7.22. The fraction of sp³-hybridized carbons (Fsp3) is 0.538. The van der Waals surface area contributed by atoms with Crippen LogP contribution in [0, 0.1) is 13.8 Å². The maximum atomic E-state index is 11.2. The third-order valence-electron chi connectivity index (χ3n) is 2.80. The fourth-order valence-corrected chi connectivity index (χ4v) is 2.10. The quantitative estimate of drug-likeness (QED) is 0.830. The highest BCUT2D eigenvalue weighted by atomic mass is 32.2. The molecule has 100 valence electrons. The van der Waals surface area contributed by atoms with Gasteiger partial charge in [0, 0.05) is 17.5 Å². The van der Waals surface area contributed by atoms with Crippen LogP contribution in [-0.2, 0) is 0 Å². The van der Waals surface area contributed by atoms with Crippen molar-refractivity contribution in [2.24, 2.45) is 0 Å². The van der Waals surface area contributed by atoms with Gasteiger partial charge in [-0.2, -0.15) is 11.8 Å². The zero-order valence-electron chi connectivity index (χ0n) is 11.3. The number of carboxylic acid groups (broad SMARTS) is 1. The normalized spacial score (nSPS) is 12.2. The summed E-state index contributed by atoms with van der Waals surface area (Å²) in [5, 5.41) is 12.9. The standard InChI is InChI=1S/C13H20N2O2S/c1-8-7-9(2)15-12(11(8)13(16)17)14-6-5-10(3)18-4/h7,10H,5-6H2,1-4H3,(H,14,15)(H,16,17). The van der Waals surface area contributed by atoms with Crippen LogP contribution in [0.25, 0.3) is 0 Å². The van der Waals surface area contributed by atoms with E-state index < -0.39 is 5.97 Å². The number of nitrogens with one attached hydrogen (secondary N) is 1. The Morgan fingerprint density at radius 1 is 1.56 bits per heavy atom. The number of anilines is 1. The average molecular weight is 268 g/mol. The van der Waals surface area contributed by atoms with Gasteiger partial charge in [0.25, 0.3) is 0 Å². The number of nitrogens with zero attached hydrogens (tertiary/aromatic N) is 1. The monoisotopic (exact) mass is 268 g/mol. The summed E-state index contributed by atoms with van der Waals surface area (Å²) in [5.74, 6) is -0.450. The Balaban J connectivity index is 2.83. The first-order valence-electron chi connectivity index (χ1n) is 5.94. The van der Waals surface area contributed by atoms with Crippen molar-refractivity contribution in [1.82, 2.24) is 4.98 Å². The van der Waals surface area contributed by atoms with E-state index in [-0.39, 0.29) is 5.56 Å². The molecule has 1 unspecified atom stereocenters. The molecule has 1 aromatic rings. The van der Waals surface area contributed by atoms with Crippen LogP contribution < -0.4 is 5.32 Å². The zero-order chi connectivity index (χ0) is 13.7. The van der Waals surface area contributed by atoms with Gasteiger partial charge in [0.15, 0.2) is 0 Å². The molecule has 0 bridgehead atoms. The van der Waals surface area contributed by atoms with Crippen LogP contribution in [0.3, 0.4) is 0 Å². The van der Waals surface area contributed by atoms with Crippen molar-refractivity contribution >= 4 is 23.5 Å². The van der Waals surface area contributed by atoms with Crippen LogP contribution >= 0.6 is 11.8 Å². The number of carboxylic acids is 1. The lowest BCUT2D eigenvalue weighted by Gasteiger charge is -2.13. The van der Waals surface area contributed by atoms with Crippen molar-refractivity contribution in [2.75, 3.05) is 18.1 Å². The summed E-state index contributed by atoms with van der Waals surface area (Å²) < 4.78 is 0. The molecule has 0 radical (unpaired) electrons. The summed E-state index contributed by atoms with van der Waals surface area (Å²) in [6, 6.07) is 1.79. The predicted molar refractivity (Wildman–Crippen MR) is 76.8 cm³/mol. The van der Waals surface area contributed by atoms with E-state index in [0.717, 1.165) is 24.2 Å². The third kappa shape index (κ3) is 3.91. The predicted octanol–water partition coefficient (Wildman–Crippen LogP) is 2.95. The molecule has 2 N–H and O–H groups in total. The molecule has 1 atom stereocenters. The van der Waals surface area contributed by atoms with Gasteiger partial charge in [-0.05, 0) is 38.2 Å². The van der Waals surface area contributed by atoms with Gasteiger partial charge in [0.1, 0.15) is 11.4 Å². The van der Waals surface area contributed by atoms with Crippen molar-refractivity contribution in [3.05, 3.63) is 22.9 Å². The average Bonchev–Trinajstić information content (AvgIpc) is 2.27. The number of hydrogen-bond donors (Lipinski definition) is 2. The van der Waals surface area contributed by atoms with E-state index in [4.69, 9.17) is 0 Å². The highest BCUT2D eigenvalue weighted by molar-refractivity contribution is 7.99. The number of thioether (sulfide) groups is 1. The van der Waals surface area contributed by atoms with Crippen molar-refractivity contribution in [1.29, 1.82) is 0 Å². The molecule has 5 heteroatoms. The molecule has 0 saturated carbocycles. The van der Waals surface area contributed by atoms with Gasteiger partial charge in [-0.3, -0.25) is 0 Å². The molecule has 18 heavy (non-hydrogen) atoms. The Kier molecular flexibility index (Phi) is 5.47. The van der Waals surface area contributed by atoms with Gasteiger partial charge in [0.05, 0.1) is 0 Å². The number of hydrogen-bond acceptors (Lipinski definition) is 4. The van der Waals surface area contributed by atoms with Gasteiger partial charge in [-0.1, -0.05) is 6.92 Å². The second-order valence-electron chi connectivity index (χ2n) is 4.37. The minimum Gasteiger partial charge on any atom is -0.478 e. The SMILES string of the molecule is CSC(C)CCNc1nc(C)cc(C)c1C(=O)O. The smallest absolute Gasteiger partial charge is 0.339 e. The van der Waals surface area contributed by atoms with Crippen LogP contribution in [0.1, 0.15) is 35.0 Å². The Morgan fingerprint density at radius 2 is 2.22 bits per heavy atom. The van der Waals surface area contributed by atoms with E-state index in [9.17, 15) is 9.90 Å². The van der Waals surface area contributed by atoms with Gasteiger partial charge >= 0.3 is 5.97 Å². The number of rotatable bonds is 6. The van der Waals surface area contributed by atoms with E-state index in [1.54, 1.807) is 24.8 Å². The molecule has 4 nitrogen and oxygen atoms in total. The molecule has 0 fully saturated rings. The number of aromatic carboxylic acids is 1. The van der Waals surface area contributed by atoms with E-state index in [1.807, 2.05) is 6.92 Å². The lowest BCUT2D eigenvalue weighted by molar-refractivity contribution is 0.0697. The summed E-state index contributed by atoms with van der Waals surface area (Å²) in [7, 11) is 0. The Labute approximate surface area is 112 Å². The van der Waals surface area contributed by atoms with Crippen LogP contribution in [-0.4, -0.2) is 34.1 Å². The molecular weight excluding hydrogens is 248 g/mol. The largest absolute Gasteiger partial charge is 0.478 e. The number of pyridine rings is 1. The van der Waals surface area contributed by atoms with E-state index in [0.29, 0.717) is 11.1 Å². The number of aromatic nitrogens is 1. The highest BCUT2D eigenvalue weighted by Gasteiger charge is 2.15. The van der Waals surface area contributed by atoms with Crippen LogP contribution in [0.4, 0.5) is 5.82 Å². The van der Waals surface area contributed by atoms with Crippen LogP contribution in [0.5, 0.6) is 0 Å². The first-order chi connectivity index (χ1) is 8.45. The lowest BCUT2D eigenvalue weighted by Crippen LogP contribution is -2.14. The molecule has 1 heterocycles. The molecular formula is C13H20N2O2S. The number of carbonyl (C=O) groups is 1. The Morgan fingerprint density at radius 3 is 2.78 bits per heavy atom. The first kappa shape index (κ1) is 14.8. The molecule has 0 aliphatic rings. The molecule has 1 aromatic heterocycles. The van der Waals surface area contributed by atoms with Gasteiger partial charge in [-0.15, -0.1) is 0 Å². The minimum atomic E-state index is -0.930. The van der Waals surface area contributed by atoms with Gasteiger partial charge < -0.3 is 10.4 Å². The molecule has 0 spiro atoms. The summed E-state index contributed by atoms with van der Waals surface area (Å²) in [6.07, 6.45) is 3.05. The minimum absolute atomic E-state index is 0.275. The second-order valence-corrected chi connectivity index (χ2v) is 5.65. The van der Waals surface area contributed by atoms with E-state index in [1.165, 1.54) is 0 Å². The second kappa shape index (κ2) is 6.64. The van der Waals surface area contributed by atoms with E-state index >= 15 is 0 Å². The van der Waals surface area contributed by atoms with E-state index in [2.05, 4.69) is 23.5 Å². The molecule has 0 amide bonds.